The highest BCUT2D eigenvalue weighted by molar-refractivity contribution is 5.87. The van der Waals surface area contributed by atoms with Gasteiger partial charge >= 0.3 is 0 Å². The highest BCUT2D eigenvalue weighted by atomic mass is 16.5. The molecule has 1 amide bonds. The first kappa shape index (κ1) is 15.9. The Morgan fingerprint density at radius 2 is 1.88 bits per heavy atom. The van der Waals surface area contributed by atoms with E-state index in [0.29, 0.717) is 12.8 Å². The topological polar surface area (TPSA) is 81.3 Å². The molecule has 2 fully saturated rings. The van der Waals surface area contributed by atoms with Gasteiger partial charge in [-0.1, -0.05) is 12.1 Å². The summed E-state index contributed by atoms with van der Waals surface area (Å²) < 4.78 is 5.35. The third-order valence-corrected chi connectivity index (χ3v) is 5.67. The summed E-state index contributed by atoms with van der Waals surface area (Å²) in [6, 6.07) is 10.0. The maximum absolute atomic E-state index is 12.6. The number of aromatic nitrogens is 2. The number of benzene rings is 1. The Bertz CT molecular complexity index is 766. The van der Waals surface area contributed by atoms with E-state index in [-0.39, 0.29) is 18.0 Å². The lowest BCUT2D eigenvalue weighted by molar-refractivity contribution is -0.124. The van der Waals surface area contributed by atoms with Gasteiger partial charge in [0.2, 0.25) is 11.9 Å². The van der Waals surface area contributed by atoms with Gasteiger partial charge in [0.15, 0.2) is 0 Å². The van der Waals surface area contributed by atoms with Gasteiger partial charge in [0.1, 0.15) is 5.75 Å². The zero-order valence-electron chi connectivity index (χ0n) is 14.3. The number of fused-ring (bicyclic) bond motifs is 2. The molecule has 2 aliphatic rings. The van der Waals surface area contributed by atoms with E-state index < -0.39 is 5.41 Å². The van der Waals surface area contributed by atoms with Crippen LogP contribution in [0.1, 0.15) is 31.2 Å². The van der Waals surface area contributed by atoms with Gasteiger partial charge in [-0.05, 0) is 49.4 Å². The second-order valence-electron chi connectivity index (χ2n) is 6.93. The molecule has 6 heteroatoms. The lowest BCUT2D eigenvalue weighted by atomic mass is 9.69. The van der Waals surface area contributed by atoms with Gasteiger partial charge < -0.3 is 15.4 Å². The van der Waals surface area contributed by atoms with E-state index in [9.17, 15) is 4.79 Å². The number of ether oxygens (including phenoxy) is 1. The molecule has 0 radical (unpaired) electrons. The molecule has 6 nitrogen and oxygen atoms in total. The molecule has 4 rings (SSSR count). The van der Waals surface area contributed by atoms with Crippen molar-refractivity contribution >= 4 is 11.9 Å². The van der Waals surface area contributed by atoms with Crippen LogP contribution in [0.3, 0.4) is 0 Å². The minimum atomic E-state index is -0.661. The summed E-state index contributed by atoms with van der Waals surface area (Å²) >= 11 is 0. The van der Waals surface area contributed by atoms with Crippen molar-refractivity contribution < 1.29 is 9.53 Å². The second-order valence-corrected chi connectivity index (χ2v) is 6.93. The van der Waals surface area contributed by atoms with Crippen LogP contribution >= 0.6 is 0 Å². The van der Waals surface area contributed by atoms with Crippen molar-refractivity contribution in [1.29, 1.82) is 0 Å². The predicted molar refractivity (Wildman–Crippen MR) is 94.4 cm³/mol. The molecular weight excluding hydrogens is 316 g/mol. The molecule has 1 aromatic heterocycles. The fourth-order valence-corrected chi connectivity index (χ4v) is 4.50. The molecule has 0 saturated carbocycles. The monoisotopic (exact) mass is 338 g/mol. The van der Waals surface area contributed by atoms with Crippen molar-refractivity contribution in [2.24, 2.45) is 5.73 Å². The summed E-state index contributed by atoms with van der Waals surface area (Å²) in [4.78, 5) is 23.7. The summed E-state index contributed by atoms with van der Waals surface area (Å²) in [5, 5.41) is 0. The highest BCUT2D eigenvalue weighted by Gasteiger charge is 2.53. The van der Waals surface area contributed by atoms with E-state index in [0.717, 1.165) is 30.1 Å². The minimum Gasteiger partial charge on any atom is -0.497 e. The number of carbonyl (C=O) groups excluding carboxylic acids is 1. The van der Waals surface area contributed by atoms with Crippen LogP contribution in [0, 0.1) is 0 Å². The molecule has 25 heavy (non-hydrogen) atoms. The molecular formula is C19H22N4O2. The Kier molecular flexibility index (Phi) is 3.82. The summed E-state index contributed by atoms with van der Waals surface area (Å²) in [6.45, 7) is 0. The van der Waals surface area contributed by atoms with Gasteiger partial charge in [-0.2, -0.15) is 0 Å². The Balaban J connectivity index is 1.72. The zero-order valence-corrected chi connectivity index (χ0v) is 14.3. The highest BCUT2D eigenvalue weighted by Crippen LogP contribution is 2.48. The number of nitrogens with two attached hydrogens (primary N) is 1. The van der Waals surface area contributed by atoms with E-state index >= 15 is 0 Å². The fraction of sp³-hybridized carbons (Fsp3) is 0.421. The van der Waals surface area contributed by atoms with Crippen molar-refractivity contribution in [2.75, 3.05) is 12.0 Å². The molecule has 1 aromatic carbocycles. The summed E-state index contributed by atoms with van der Waals surface area (Å²) in [7, 11) is 1.63. The van der Waals surface area contributed by atoms with E-state index in [4.69, 9.17) is 10.5 Å². The van der Waals surface area contributed by atoms with Crippen LogP contribution in [0.4, 0.5) is 5.95 Å². The molecule has 3 heterocycles. The van der Waals surface area contributed by atoms with Crippen LogP contribution in [-0.2, 0) is 10.2 Å². The first-order valence-electron chi connectivity index (χ1n) is 8.64. The molecule has 2 bridgehead atoms. The average Bonchev–Trinajstić information content (AvgIpc) is 2.92. The van der Waals surface area contributed by atoms with Crippen LogP contribution in [0.2, 0.25) is 0 Å². The molecule has 2 N–H and O–H groups in total. The van der Waals surface area contributed by atoms with Crippen molar-refractivity contribution in [3.05, 3.63) is 48.3 Å². The van der Waals surface area contributed by atoms with Crippen molar-refractivity contribution in [1.82, 2.24) is 9.97 Å². The van der Waals surface area contributed by atoms with Crippen LogP contribution in [0.5, 0.6) is 5.75 Å². The standard InChI is InChI=1S/C19H22N4O2/c1-25-16-5-2-4-13(10-16)19(17(20)24)11-14-6-7-15(12-19)23(14)18-21-8-3-9-22-18/h2-5,8-10,14-15H,6-7,11-12H2,1H3,(H2,20,24). The molecule has 2 unspecified atom stereocenters. The number of carbonyl (C=O) groups is 1. The van der Waals surface area contributed by atoms with Gasteiger partial charge in [0.05, 0.1) is 12.5 Å². The van der Waals surface area contributed by atoms with E-state index in [2.05, 4.69) is 14.9 Å². The third kappa shape index (κ3) is 2.52. The van der Waals surface area contributed by atoms with Gasteiger partial charge in [-0.3, -0.25) is 4.79 Å². The second kappa shape index (κ2) is 6.02. The Morgan fingerprint density at radius 3 is 2.48 bits per heavy atom. The lowest BCUT2D eigenvalue weighted by Crippen LogP contribution is -2.55. The fourth-order valence-electron chi connectivity index (χ4n) is 4.50. The van der Waals surface area contributed by atoms with Gasteiger partial charge in [-0.15, -0.1) is 0 Å². The normalized spacial score (nSPS) is 28.0. The number of piperidine rings is 1. The number of hydrogen-bond donors (Lipinski definition) is 1. The van der Waals surface area contributed by atoms with Crippen LogP contribution in [0.25, 0.3) is 0 Å². The quantitative estimate of drug-likeness (QED) is 0.922. The summed E-state index contributed by atoms with van der Waals surface area (Å²) in [5.74, 6) is 1.24. The molecule has 0 spiro atoms. The first-order chi connectivity index (χ1) is 12.1. The molecule has 0 aliphatic carbocycles. The maximum Gasteiger partial charge on any atom is 0.228 e. The van der Waals surface area contributed by atoms with Gasteiger partial charge in [0.25, 0.3) is 0 Å². The van der Waals surface area contributed by atoms with Gasteiger partial charge in [0, 0.05) is 24.5 Å². The van der Waals surface area contributed by atoms with Crippen molar-refractivity contribution in [3.63, 3.8) is 0 Å². The molecule has 2 aromatic rings. The Morgan fingerprint density at radius 1 is 1.20 bits per heavy atom. The van der Waals surface area contributed by atoms with E-state index in [1.54, 1.807) is 19.5 Å². The number of nitrogens with zero attached hydrogens (tertiary/aromatic N) is 3. The number of methoxy groups -OCH3 is 1. The van der Waals surface area contributed by atoms with Gasteiger partial charge in [-0.25, -0.2) is 9.97 Å². The molecule has 130 valence electrons. The SMILES string of the molecule is COc1cccc(C2(C(N)=O)CC3CCC(C2)N3c2ncccn2)c1. The number of hydrogen-bond acceptors (Lipinski definition) is 5. The van der Waals surface area contributed by atoms with Crippen LogP contribution in [-0.4, -0.2) is 35.1 Å². The molecule has 2 atom stereocenters. The summed E-state index contributed by atoms with van der Waals surface area (Å²) in [5.41, 5.74) is 6.22. The third-order valence-electron chi connectivity index (χ3n) is 5.67. The van der Waals surface area contributed by atoms with E-state index in [1.807, 2.05) is 30.3 Å². The molecule has 2 aliphatic heterocycles. The predicted octanol–water partition coefficient (Wildman–Crippen LogP) is 2.04. The number of anilines is 1. The molecule has 2 saturated heterocycles. The first-order valence-corrected chi connectivity index (χ1v) is 8.64. The summed E-state index contributed by atoms with van der Waals surface area (Å²) in [6.07, 6.45) is 6.96. The van der Waals surface area contributed by atoms with E-state index in [1.165, 1.54) is 0 Å². The van der Waals surface area contributed by atoms with Crippen molar-refractivity contribution in [2.45, 2.75) is 43.2 Å². The van der Waals surface area contributed by atoms with Crippen LogP contribution in [0.15, 0.2) is 42.7 Å². The number of primary amides is 1. The number of amides is 1. The van der Waals surface area contributed by atoms with Crippen molar-refractivity contribution in [3.8, 4) is 5.75 Å². The number of rotatable bonds is 4. The Hall–Kier alpha value is -2.63. The zero-order chi connectivity index (χ0) is 17.4. The lowest BCUT2D eigenvalue weighted by Gasteiger charge is -2.45. The smallest absolute Gasteiger partial charge is 0.228 e. The Labute approximate surface area is 147 Å². The minimum absolute atomic E-state index is 0.222. The largest absolute Gasteiger partial charge is 0.497 e. The maximum atomic E-state index is 12.6. The van der Waals surface area contributed by atoms with Crippen LogP contribution < -0.4 is 15.4 Å². The average molecular weight is 338 g/mol.